The number of unbranched alkanes of at least 4 members (excludes halogenated alkanes) is 1. The van der Waals surface area contributed by atoms with E-state index in [4.69, 9.17) is 21.1 Å². The van der Waals surface area contributed by atoms with E-state index in [0.29, 0.717) is 44.9 Å². The van der Waals surface area contributed by atoms with Crippen molar-refractivity contribution < 1.29 is 24.2 Å². The Morgan fingerprint density at radius 3 is 2.62 bits per heavy atom. The van der Waals surface area contributed by atoms with E-state index in [1.165, 1.54) is 23.3 Å². The molecular formula is C31H29ClN2O5S. The minimum absolute atomic E-state index is 0.0160. The fourth-order valence-corrected chi connectivity index (χ4v) is 6.04. The lowest BCUT2D eigenvalue weighted by atomic mass is 9.93. The molecule has 1 aliphatic rings. The SMILES string of the molecule is CCCCOc1ccc(C2C(=C(O)c3cc(C)ccc3C)C(=O)C(=O)N2c2nc3ccc(Cl)cc3s2)cc1OC. The van der Waals surface area contributed by atoms with Crippen LogP contribution in [0.3, 0.4) is 0 Å². The van der Waals surface area contributed by atoms with Gasteiger partial charge in [-0.3, -0.25) is 14.5 Å². The lowest BCUT2D eigenvalue weighted by Gasteiger charge is -2.24. The van der Waals surface area contributed by atoms with Gasteiger partial charge in [0.2, 0.25) is 0 Å². The van der Waals surface area contributed by atoms with Crippen LogP contribution in [-0.2, 0) is 9.59 Å². The number of aliphatic hydroxyl groups excluding tert-OH is 1. The summed E-state index contributed by atoms with van der Waals surface area (Å²) < 4.78 is 12.3. The molecule has 1 amide bonds. The van der Waals surface area contributed by atoms with Gasteiger partial charge in [0.25, 0.3) is 5.78 Å². The third kappa shape index (κ3) is 5.05. The number of carbonyl (C=O) groups excluding carboxylic acids is 2. The van der Waals surface area contributed by atoms with E-state index < -0.39 is 17.7 Å². The summed E-state index contributed by atoms with van der Waals surface area (Å²) in [5.74, 6) is -0.784. The van der Waals surface area contributed by atoms with Crippen molar-refractivity contribution in [3.63, 3.8) is 0 Å². The Labute approximate surface area is 241 Å². The number of Topliss-reactive ketones (excluding diaryl/α,β-unsaturated/α-hetero) is 1. The lowest BCUT2D eigenvalue weighted by Crippen LogP contribution is -2.29. The largest absolute Gasteiger partial charge is 0.507 e. The Morgan fingerprint density at radius 1 is 1.07 bits per heavy atom. The third-order valence-corrected chi connectivity index (χ3v) is 8.15. The van der Waals surface area contributed by atoms with Crippen LogP contribution in [0.1, 0.15) is 48.1 Å². The van der Waals surface area contributed by atoms with E-state index >= 15 is 0 Å². The molecule has 1 N–H and O–H groups in total. The second-order valence-corrected chi connectivity index (χ2v) is 11.2. The first-order valence-corrected chi connectivity index (χ1v) is 14.2. The maximum absolute atomic E-state index is 13.6. The standard InChI is InChI=1S/C31H29ClN2O5S/c1-5-6-13-39-23-12-9-19(15-24(23)38-4)27-26(28(35)21-14-17(2)7-8-18(21)3)29(36)30(37)34(27)31-33-22-11-10-20(32)16-25(22)40-31/h7-12,14-16,27,35H,5-6,13H2,1-4H3. The first-order valence-electron chi connectivity index (χ1n) is 13.0. The number of ketones is 1. The van der Waals surface area contributed by atoms with Crippen LogP contribution in [-0.4, -0.2) is 35.5 Å². The molecule has 1 saturated heterocycles. The van der Waals surface area contributed by atoms with Crippen molar-refractivity contribution in [1.29, 1.82) is 0 Å². The molecule has 1 fully saturated rings. The minimum Gasteiger partial charge on any atom is -0.507 e. The zero-order valence-electron chi connectivity index (χ0n) is 22.7. The molecule has 1 atom stereocenters. The van der Waals surface area contributed by atoms with Crippen molar-refractivity contribution in [3.05, 3.63) is 87.4 Å². The summed E-state index contributed by atoms with van der Waals surface area (Å²) in [7, 11) is 1.54. The second-order valence-electron chi connectivity index (χ2n) is 9.71. The van der Waals surface area contributed by atoms with Crippen molar-refractivity contribution in [2.24, 2.45) is 0 Å². The molecule has 206 valence electrons. The van der Waals surface area contributed by atoms with E-state index in [2.05, 4.69) is 11.9 Å². The van der Waals surface area contributed by atoms with E-state index in [0.717, 1.165) is 28.7 Å². The molecule has 0 saturated carbocycles. The van der Waals surface area contributed by atoms with Gasteiger partial charge >= 0.3 is 5.91 Å². The zero-order chi connectivity index (χ0) is 28.6. The Bertz CT molecular complexity index is 1660. The second kappa shape index (κ2) is 11.3. The van der Waals surface area contributed by atoms with Gasteiger partial charge in [-0.15, -0.1) is 0 Å². The predicted octanol–water partition coefficient (Wildman–Crippen LogP) is 7.38. The number of methoxy groups -OCH3 is 1. The molecule has 0 radical (unpaired) electrons. The van der Waals surface area contributed by atoms with Gasteiger partial charge < -0.3 is 14.6 Å². The lowest BCUT2D eigenvalue weighted by molar-refractivity contribution is -0.132. The van der Waals surface area contributed by atoms with Gasteiger partial charge in [0.05, 0.1) is 35.5 Å². The Kier molecular flexibility index (Phi) is 7.83. The van der Waals surface area contributed by atoms with Gasteiger partial charge in [0.15, 0.2) is 16.6 Å². The fraction of sp³-hybridized carbons (Fsp3) is 0.258. The number of carbonyl (C=O) groups is 2. The highest BCUT2D eigenvalue weighted by Crippen LogP contribution is 2.46. The zero-order valence-corrected chi connectivity index (χ0v) is 24.2. The van der Waals surface area contributed by atoms with Crippen LogP contribution in [0, 0.1) is 13.8 Å². The molecule has 0 spiro atoms. The molecule has 7 nitrogen and oxygen atoms in total. The number of thiazole rings is 1. The van der Waals surface area contributed by atoms with E-state index in [9.17, 15) is 14.7 Å². The quantitative estimate of drug-likeness (QED) is 0.102. The van der Waals surface area contributed by atoms with Crippen molar-refractivity contribution in [1.82, 2.24) is 4.98 Å². The topological polar surface area (TPSA) is 89.0 Å². The number of hydrogen-bond donors (Lipinski definition) is 1. The van der Waals surface area contributed by atoms with Crippen LogP contribution >= 0.6 is 22.9 Å². The molecule has 1 unspecified atom stereocenters. The number of rotatable bonds is 8. The maximum Gasteiger partial charge on any atom is 0.301 e. The van der Waals surface area contributed by atoms with E-state index in [1.807, 2.05) is 26.0 Å². The highest BCUT2D eigenvalue weighted by Gasteiger charge is 2.48. The highest BCUT2D eigenvalue weighted by molar-refractivity contribution is 7.22. The molecular weight excluding hydrogens is 548 g/mol. The first-order chi connectivity index (χ1) is 19.2. The summed E-state index contributed by atoms with van der Waals surface area (Å²) in [4.78, 5) is 33.3. The van der Waals surface area contributed by atoms with Gasteiger partial charge in [0, 0.05) is 10.6 Å². The summed E-state index contributed by atoms with van der Waals surface area (Å²) in [5.41, 5.74) is 3.39. The monoisotopic (exact) mass is 576 g/mol. The number of benzene rings is 3. The van der Waals surface area contributed by atoms with Crippen LogP contribution < -0.4 is 14.4 Å². The van der Waals surface area contributed by atoms with Gasteiger partial charge in [-0.2, -0.15) is 0 Å². The summed E-state index contributed by atoms with van der Waals surface area (Å²) in [5, 5.41) is 12.5. The van der Waals surface area contributed by atoms with Crippen LogP contribution in [0.25, 0.3) is 16.0 Å². The van der Waals surface area contributed by atoms with Crippen molar-refractivity contribution >= 4 is 55.7 Å². The number of hydrogen-bond acceptors (Lipinski definition) is 7. The normalized spacial score (nSPS) is 16.6. The Morgan fingerprint density at radius 2 is 1.88 bits per heavy atom. The number of fused-ring (bicyclic) bond motifs is 1. The average Bonchev–Trinajstić information content (AvgIpc) is 3.47. The number of ether oxygens (including phenoxy) is 2. The van der Waals surface area contributed by atoms with Crippen LogP contribution in [0.15, 0.2) is 60.2 Å². The Balaban J connectivity index is 1.71. The molecule has 9 heteroatoms. The molecule has 1 aliphatic heterocycles. The average molecular weight is 577 g/mol. The highest BCUT2D eigenvalue weighted by atomic mass is 35.5. The molecule has 2 heterocycles. The molecule has 4 aromatic rings. The number of aryl methyl sites for hydroxylation is 2. The summed E-state index contributed by atoms with van der Waals surface area (Å²) in [6.07, 6.45) is 1.88. The van der Waals surface area contributed by atoms with E-state index in [1.54, 1.807) is 42.5 Å². The predicted molar refractivity (Wildman–Crippen MR) is 159 cm³/mol. The summed E-state index contributed by atoms with van der Waals surface area (Å²) >= 11 is 7.45. The number of amides is 1. The third-order valence-electron chi connectivity index (χ3n) is 6.90. The number of anilines is 1. The summed E-state index contributed by atoms with van der Waals surface area (Å²) in [6, 6.07) is 15.2. The van der Waals surface area contributed by atoms with Crippen LogP contribution in [0.2, 0.25) is 5.02 Å². The van der Waals surface area contributed by atoms with Crippen molar-refractivity contribution in [2.45, 2.75) is 39.7 Å². The molecule has 3 aromatic carbocycles. The van der Waals surface area contributed by atoms with Crippen LogP contribution in [0.5, 0.6) is 11.5 Å². The summed E-state index contributed by atoms with van der Waals surface area (Å²) in [6.45, 7) is 6.37. The molecule has 0 aliphatic carbocycles. The van der Waals surface area contributed by atoms with Gasteiger partial charge in [-0.1, -0.05) is 60.0 Å². The number of aliphatic hydroxyl groups is 1. The Hall–Kier alpha value is -3.88. The minimum atomic E-state index is -0.950. The van der Waals surface area contributed by atoms with Crippen LogP contribution in [0.4, 0.5) is 5.13 Å². The van der Waals surface area contributed by atoms with E-state index in [-0.39, 0.29) is 11.3 Å². The fourth-order valence-electron chi connectivity index (χ4n) is 4.77. The van der Waals surface area contributed by atoms with Crippen molar-refractivity contribution in [2.75, 3.05) is 18.6 Å². The van der Waals surface area contributed by atoms with Gasteiger partial charge in [-0.25, -0.2) is 4.98 Å². The maximum atomic E-state index is 13.6. The number of halogens is 1. The number of nitrogens with zero attached hydrogens (tertiary/aromatic N) is 2. The molecule has 5 rings (SSSR count). The van der Waals surface area contributed by atoms with Gasteiger partial charge in [0.1, 0.15) is 5.76 Å². The molecule has 0 bridgehead atoms. The number of aromatic nitrogens is 1. The molecule has 1 aromatic heterocycles. The first kappa shape index (κ1) is 27.7. The molecule has 40 heavy (non-hydrogen) atoms. The smallest absolute Gasteiger partial charge is 0.301 e. The van der Waals surface area contributed by atoms with Crippen molar-refractivity contribution in [3.8, 4) is 11.5 Å². The van der Waals surface area contributed by atoms with Gasteiger partial charge in [-0.05, 0) is 67.8 Å².